The summed E-state index contributed by atoms with van der Waals surface area (Å²) in [7, 11) is -0.505. The summed E-state index contributed by atoms with van der Waals surface area (Å²) >= 11 is 0. The second-order valence-corrected chi connectivity index (χ2v) is 7.29. The number of rotatable bonds is 4. The number of nitrogen functional groups attached to an aromatic ring is 1. The number of hydrogen-bond acceptors (Lipinski definition) is 6. The van der Waals surface area contributed by atoms with Gasteiger partial charge in [-0.2, -0.15) is 0 Å². The van der Waals surface area contributed by atoms with Gasteiger partial charge in [0, 0.05) is 29.6 Å². The molecule has 2 N–H and O–H groups in total. The van der Waals surface area contributed by atoms with Crippen molar-refractivity contribution in [1.29, 1.82) is 0 Å². The van der Waals surface area contributed by atoms with Crippen LogP contribution in [-0.2, 0) is 9.31 Å². The van der Waals surface area contributed by atoms with Crippen molar-refractivity contribution in [2.75, 3.05) is 5.73 Å². The van der Waals surface area contributed by atoms with Crippen LogP contribution in [0, 0.1) is 0 Å². The smallest absolute Gasteiger partial charge is 0.482 e. The second kappa shape index (κ2) is 6.31. The van der Waals surface area contributed by atoms with Crippen molar-refractivity contribution in [2.45, 2.75) is 51.9 Å². The minimum atomic E-state index is -0.505. The van der Waals surface area contributed by atoms with E-state index in [1.165, 1.54) is 0 Å². The van der Waals surface area contributed by atoms with E-state index in [9.17, 15) is 0 Å². The van der Waals surface area contributed by atoms with Gasteiger partial charge in [0.1, 0.15) is 6.10 Å². The Morgan fingerprint density at radius 1 is 1.16 bits per heavy atom. The molecule has 1 fully saturated rings. The van der Waals surface area contributed by atoms with Gasteiger partial charge in [-0.25, -0.2) is 4.98 Å². The predicted molar refractivity (Wildman–Crippen MR) is 97.6 cm³/mol. The van der Waals surface area contributed by atoms with Gasteiger partial charge in [0.15, 0.2) is 11.6 Å². The van der Waals surface area contributed by atoms with Gasteiger partial charge in [0.2, 0.25) is 0 Å². The number of pyridine rings is 2. The van der Waals surface area contributed by atoms with Crippen LogP contribution in [-0.4, -0.2) is 28.3 Å². The van der Waals surface area contributed by atoms with Gasteiger partial charge in [-0.1, -0.05) is 6.07 Å². The summed E-state index contributed by atoms with van der Waals surface area (Å²) in [4.78, 5) is 8.36. The van der Waals surface area contributed by atoms with Gasteiger partial charge >= 0.3 is 7.12 Å². The fourth-order valence-electron chi connectivity index (χ4n) is 2.55. The molecule has 1 aliphatic heterocycles. The van der Waals surface area contributed by atoms with Crippen molar-refractivity contribution >= 4 is 18.4 Å². The summed E-state index contributed by atoms with van der Waals surface area (Å²) in [5.41, 5.74) is 6.90. The third-order valence-electron chi connectivity index (χ3n) is 4.89. The molecule has 0 saturated carbocycles. The number of aromatic nitrogens is 2. The molecule has 0 aliphatic carbocycles. The second-order valence-electron chi connectivity index (χ2n) is 7.29. The van der Waals surface area contributed by atoms with Gasteiger partial charge in [-0.15, -0.1) is 0 Å². The molecular weight excluding hydrogens is 317 g/mol. The van der Waals surface area contributed by atoms with Crippen molar-refractivity contribution in [2.24, 2.45) is 0 Å². The van der Waals surface area contributed by atoms with E-state index in [1.54, 1.807) is 18.6 Å². The number of ether oxygens (including phenoxy) is 1. The van der Waals surface area contributed by atoms with Gasteiger partial charge in [-0.3, -0.25) is 4.98 Å². The molecule has 0 spiro atoms. The molecule has 0 unspecified atom stereocenters. The molecule has 6 nitrogen and oxygen atoms in total. The third-order valence-corrected chi connectivity index (χ3v) is 4.89. The minimum Gasteiger partial charge on any atom is -0.482 e. The van der Waals surface area contributed by atoms with Crippen LogP contribution < -0.4 is 15.9 Å². The van der Waals surface area contributed by atoms with Crippen LogP contribution in [0.15, 0.2) is 36.8 Å². The predicted octanol–water partition coefficient (Wildman–Crippen LogP) is 2.50. The topological polar surface area (TPSA) is 79.5 Å². The Kier molecular flexibility index (Phi) is 4.47. The highest BCUT2D eigenvalue weighted by Crippen LogP contribution is 2.37. The number of nitrogens with two attached hydrogens (primary N) is 1. The van der Waals surface area contributed by atoms with E-state index in [0.717, 1.165) is 11.0 Å². The molecule has 132 valence electrons. The summed E-state index contributed by atoms with van der Waals surface area (Å²) in [6, 6.07) is 5.66. The minimum absolute atomic E-state index is 0.202. The zero-order chi connectivity index (χ0) is 18.2. The molecular formula is C18H24BN3O3. The van der Waals surface area contributed by atoms with Crippen molar-refractivity contribution in [3.05, 3.63) is 42.4 Å². The van der Waals surface area contributed by atoms with Crippen molar-refractivity contribution in [3.8, 4) is 5.75 Å². The lowest BCUT2D eigenvalue weighted by Crippen LogP contribution is -2.41. The van der Waals surface area contributed by atoms with Crippen LogP contribution in [0.25, 0.3) is 0 Å². The van der Waals surface area contributed by atoms with Crippen LogP contribution in [0.2, 0.25) is 0 Å². The average Bonchev–Trinajstić information content (AvgIpc) is 2.78. The lowest BCUT2D eigenvalue weighted by Gasteiger charge is -2.32. The maximum absolute atomic E-state index is 6.07. The third kappa shape index (κ3) is 3.48. The molecule has 1 saturated heterocycles. The van der Waals surface area contributed by atoms with E-state index in [0.29, 0.717) is 11.6 Å². The van der Waals surface area contributed by atoms with E-state index < -0.39 is 18.3 Å². The molecule has 3 heterocycles. The first kappa shape index (κ1) is 17.7. The first-order chi connectivity index (χ1) is 11.7. The molecule has 0 amide bonds. The van der Waals surface area contributed by atoms with Gasteiger partial charge in [0.05, 0.1) is 11.2 Å². The SMILES string of the molecule is C[C@@H](Oc1cc(B2OC(C)(C)C(C)(C)O2)cnc1N)c1cccnc1. The highest BCUT2D eigenvalue weighted by Gasteiger charge is 2.52. The quantitative estimate of drug-likeness (QED) is 0.861. The maximum atomic E-state index is 6.07. The van der Waals surface area contributed by atoms with E-state index in [-0.39, 0.29) is 6.10 Å². The van der Waals surface area contributed by atoms with E-state index >= 15 is 0 Å². The van der Waals surface area contributed by atoms with Crippen LogP contribution in [0.3, 0.4) is 0 Å². The number of nitrogens with zero attached hydrogens (tertiary/aromatic N) is 2. The number of hydrogen-bond donors (Lipinski definition) is 1. The molecule has 0 radical (unpaired) electrons. The fraction of sp³-hybridized carbons (Fsp3) is 0.444. The molecule has 1 atom stereocenters. The molecule has 0 aromatic carbocycles. The summed E-state index contributed by atoms with van der Waals surface area (Å²) in [6.45, 7) is 10.00. The number of anilines is 1. The maximum Gasteiger partial charge on any atom is 0.496 e. The normalized spacial score (nSPS) is 19.6. The van der Waals surface area contributed by atoms with E-state index in [4.69, 9.17) is 19.8 Å². The summed E-state index contributed by atoms with van der Waals surface area (Å²) in [6.07, 6.45) is 4.96. The average molecular weight is 341 g/mol. The Bertz CT molecular complexity index is 736. The van der Waals surface area contributed by atoms with Crippen molar-refractivity contribution < 1.29 is 14.0 Å². The summed E-state index contributed by atoms with van der Waals surface area (Å²) < 4.78 is 18.1. The molecule has 7 heteroatoms. The summed E-state index contributed by atoms with van der Waals surface area (Å²) in [5.74, 6) is 0.833. The first-order valence-corrected chi connectivity index (χ1v) is 8.37. The van der Waals surface area contributed by atoms with Gasteiger partial charge in [-0.05, 0) is 46.8 Å². The van der Waals surface area contributed by atoms with Crippen LogP contribution >= 0.6 is 0 Å². The van der Waals surface area contributed by atoms with E-state index in [1.807, 2.05) is 52.8 Å². The molecule has 25 heavy (non-hydrogen) atoms. The largest absolute Gasteiger partial charge is 0.496 e. The highest BCUT2D eigenvalue weighted by molar-refractivity contribution is 6.62. The summed E-state index contributed by atoms with van der Waals surface area (Å²) in [5, 5.41) is 0. The zero-order valence-corrected chi connectivity index (χ0v) is 15.3. The van der Waals surface area contributed by atoms with Crippen molar-refractivity contribution in [1.82, 2.24) is 9.97 Å². The lowest BCUT2D eigenvalue weighted by atomic mass is 9.80. The molecule has 1 aliphatic rings. The Hall–Kier alpha value is -2.12. The fourth-order valence-corrected chi connectivity index (χ4v) is 2.55. The molecule has 3 rings (SSSR count). The first-order valence-electron chi connectivity index (χ1n) is 8.37. The molecule has 2 aromatic heterocycles. The Balaban J connectivity index is 1.82. The van der Waals surface area contributed by atoms with Crippen molar-refractivity contribution in [3.63, 3.8) is 0 Å². The highest BCUT2D eigenvalue weighted by atomic mass is 16.7. The Morgan fingerprint density at radius 3 is 2.44 bits per heavy atom. The lowest BCUT2D eigenvalue weighted by molar-refractivity contribution is 0.00578. The zero-order valence-electron chi connectivity index (χ0n) is 15.3. The van der Waals surface area contributed by atoms with Gasteiger partial charge in [0.25, 0.3) is 0 Å². The Morgan fingerprint density at radius 2 is 1.84 bits per heavy atom. The molecule has 0 bridgehead atoms. The Labute approximate surface area is 148 Å². The van der Waals surface area contributed by atoms with E-state index in [2.05, 4.69) is 9.97 Å². The van der Waals surface area contributed by atoms with Gasteiger partial charge < -0.3 is 19.8 Å². The monoisotopic (exact) mass is 341 g/mol. The molecule has 2 aromatic rings. The van der Waals surface area contributed by atoms with Crippen LogP contribution in [0.5, 0.6) is 5.75 Å². The van der Waals surface area contributed by atoms with Crippen LogP contribution in [0.4, 0.5) is 5.82 Å². The standard InChI is InChI=1S/C18H24BN3O3/c1-12(13-7-6-8-21-10-13)23-15-9-14(11-22-16(15)20)19-24-17(2,3)18(4,5)25-19/h6-12H,1-5H3,(H2,20,22)/t12-/m1/s1. The van der Waals surface area contributed by atoms with Crippen LogP contribution in [0.1, 0.15) is 46.3 Å².